The van der Waals surface area contributed by atoms with Crippen LogP contribution in [-0.4, -0.2) is 28.2 Å². The van der Waals surface area contributed by atoms with Gasteiger partial charge >= 0.3 is 0 Å². The highest BCUT2D eigenvalue weighted by Gasteiger charge is 2.30. The van der Waals surface area contributed by atoms with Crippen molar-refractivity contribution in [2.75, 3.05) is 11.3 Å². The lowest BCUT2D eigenvalue weighted by molar-refractivity contribution is -0.120. The van der Waals surface area contributed by atoms with Crippen molar-refractivity contribution >= 4 is 29.2 Å². The van der Waals surface area contributed by atoms with Gasteiger partial charge in [-0.25, -0.2) is 0 Å². The van der Waals surface area contributed by atoms with Crippen LogP contribution >= 0.6 is 11.6 Å². The Labute approximate surface area is 148 Å². The van der Waals surface area contributed by atoms with Crippen LogP contribution in [0.4, 0.5) is 0 Å². The lowest BCUT2D eigenvalue weighted by Crippen LogP contribution is -2.29. The second kappa shape index (κ2) is 6.60. The summed E-state index contributed by atoms with van der Waals surface area (Å²) in [6.07, 6.45) is 6.81. The van der Waals surface area contributed by atoms with Crippen molar-refractivity contribution in [2.45, 2.75) is 13.8 Å². The molecule has 1 N–H and O–H groups in total. The number of carbonyl (C=O) groups excluding carboxylic acids is 3. The molecule has 0 fully saturated rings. The lowest BCUT2D eigenvalue weighted by Gasteiger charge is -2.19. The summed E-state index contributed by atoms with van der Waals surface area (Å²) in [4.78, 5) is 36.3. The lowest BCUT2D eigenvalue weighted by atomic mass is 9.91. The summed E-state index contributed by atoms with van der Waals surface area (Å²) in [5.41, 5.74) is 4.96. The number of amides is 2. The van der Waals surface area contributed by atoms with Gasteiger partial charge in [-0.1, -0.05) is 24.3 Å². The molecule has 3 rings (SSSR count). The van der Waals surface area contributed by atoms with Crippen LogP contribution in [0.2, 0.25) is 0 Å². The highest BCUT2D eigenvalue weighted by molar-refractivity contribution is 6.30. The quantitative estimate of drug-likeness (QED) is 0.662. The fourth-order valence-corrected chi connectivity index (χ4v) is 2.97. The Hall–Kier alpha value is -2.80. The van der Waals surface area contributed by atoms with E-state index in [4.69, 9.17) is 11.6 Å². The number of ketones is 1. The van der Waals surface area contributed by atoms with E-state index in [1.54, 1.807) is 44.2 Å². The minimum absolute atomic E-state index is 0.0721. The summed E-state index contributed by atoms with van der Waals surface area (Å²) < 4.78 is 1.50. The average Bonchev–Trinajstić information content (AvgIpc) is 2.89. The van der Waals surface area contributed by atoms with Crippen molar-refractivity contribution in [2.24, 2.45) is 16.1 Å². The highest BCUT2D eigenvalue weighted by Crippen LogP contribution is 2.29. The van der Waals surface area contributed by atoms with E-state index in [-0.39, 0.29) is 17.4 Å². The number of azo groups is 1. The molecule has 0 radical (unpaired) electrons. The van der Waals surface area contributed by atoms with Gasteiger partial charge in [-0.05, 0) is 19.9 Å². The number of rotatable bonds is 4. The second-order valence-corrected chi connectivity index (χ2v) is 5.95. The minimum atomic E-state index is -0.594. The number of carbonyl (C=O) groups is 3. The number of aryl methyl sites for hydroxylation is 1. The Bertz CT molecular complexity index is 905. The monoisotopic (exact) mass is 358 g/mol. The molecule has 0 saturated heterocycles. The van der Waals surface area contributed by atoms with Crippen molar-refractivity contribution in [3.05, 3.63) is 58.6 Å². The molecule has 2 amide bonds. The van der Waals surface area contributed by atoms with Gasteiger partial charge in [0.05, 0.1) is 11.8 Å². The van der Waals surface area contributed by atoms with E-state index < -0.39 is 17.7 Å². The molecular weight excluding hydrogens is 344 g/mol. The maximum absolute atomic E-state index is 12.7. The molecule has 1 aliphatic heterocycles. The van der Waals surface area contributed by atoms with Gasteiger partial charge in [-0.15, -0.1) is 21.8 Å². The van der Waals surface area contributed by atoms with Gasteiger partial charge in [0.25, 0.3) is 11.8 Å². The Morgan fingerprint density at radius 1 is 1.28 bits per heavy atom. The fraction of sp³-hybridized carbons (Fsp3) is 0.235. The van der Waals surface area contributed by atoms with Gasteiger partial charge in [-0.2, -0.15) is 0 Å². The van der Waals surface area contributed by atoms with Crippen LogP contribution in [0.3, 0.4) is 0 Å². The SMILES string of the molecule is Cc1cc(C(=O)CCl)c(C)n1NC(=O)C1=C2C=CC=CC2C(=O)N=N1. The predicted molar refractivity (Wildman–Crippen MR) is 92.0 cm³/mol. The summed E-state index contributed by atoms with van der Waals surface area (Å²) in [6.45, 7) is 3.47. The van der Waals surface area contributed by atoms with Crippen LogP contribution in [-0.2, 0) is 9.59 Å². The largest absolute Gasteiger partial charge is 0.293 e. The number of nitrogens with zero attached hydrogens (tertiary/aromatic N) is 3. The molecule has 2 heterocycles. The van der Waals surface area contributed by atoms with Gasteiger partial charge in [-0.3, -0.25) is 24.5 Å². The van der Waals surface area contributed by atoms with Crippen LogP contribution in [0, 0.1) is 19.8 Å². The van der Waals surface area contributed by atoms with Crippen LogP contribution in [0.5, 0.6) is 0 Å². The third kappa shape index (κ3) is 2.98. The molecule has 0 saturated carbocycles. The van der Waals surface area contributed by atoms with Crippen molar-refractivity contribution in [1.29, 1.82) is 0 Å². The van der Waals surface area contributed by atoms with Crippen LogP contribution in [0.15, 0.2) is 51.9 Å². The van der Waals surface area contributed by atoms with Crippen LogP contribution in [0.25, 0.3) is 0 Å². The van der Waals surface area contributed by atoms with Gasteiger partial charge in [0, 0.05) is 22.5 Å². The standard InChI is InChI=1S/C17H15ClN4O3/c1-9-7-13(14(23)8-18)10(2)22(9)21-17(25)15-11-5-3-4-6-12(11)16(24)20-19-15/h3-7,12H,8H2,1-2H3,(H,21,25). The molecule has 1 aromatic heterocycles. The molecule has 25 heavy (non-hydrogen) atoms. The summed E-state index contributed by atoms with van der Waals surface area (Å²) in [7, 11) is 0. The van der Waals surface area contributed by atoms with E-state index in [0.29, 0.717) is 22.5 Å². The average molecular weight is 359 g/mol. The molecule has 0 spiro atoms. The number of nitrogens with one attached hydrogen (secondary N) is 1. The molecule has 2 aliphatic rings. The van der Waals surface area contributed by atoms with Crippen molar-refractivity contribution in [3.8, 4) is 0 Å². The highest BCUT2D eigenvalue weighted by atomic mass is 35.5. The van der Waals surface area contributed by atoms with Crippen LogP contribution < -0.4 is 5.43 Å². The number of hydrogen-bond donors (Lipinski definition) is 1. The van der Waals surface area contributed by atoms with Gasteiger partial charge in [0.15, 0.2) is 11.5 Å². The van der Waals surface area contributed by atoms with Crippen molar-refractivity contribution in [3.63, 3.8) is 0 Å². The smallest absolute Gasteiger partial charge is 0.290 e. The maximum Gasteiger partial charge on any atom is 0.290 e. The third-order valence-corrected chi connectivity index (χ3v) is 4.34. The fourth-order valence-electron chi connectivity index (χ4n) is 2.82. The van der Waals surface area contributed by atoms with E-state index in [2.05, 4.69) is 15.7 Å². The number of fused-ring (bicyclic) bond motifs is 1. The first kappa shape index (κ1) is 17.0. The molecule has 1 unspecified atom stereocenters. The number of aromatic nitrogens is 1. The number of halogens is 1. The summed E-state index contributed by atoms with van der Waals surface area (Å²) in [6, 6.07) is 1.66. The molecule has 0 bridgehead atoms. The van der Waals surface area contributed by atoms with Crippen molar-refractivity contribution < 1.29 is 14.4 Å². The van der Waals surface area contributed by atoms with E-state index in [1.165, 1.54) is 4.68 Å². The summed E-state index contributed by atoms with van der Waals surface area (Å²) in [5, 5.41) is 7.32. The summed E-state index contributed by atoms with van der Waals surface area (Å²) in [5.74, 6) is -1.87. The summed E-state index contributed by atoms with van der Waals surface area (Å²) >= 11 is 5.61. The predicted octanol–water partition coefficient (Wildman–Crippen LogP) is 2.59. The minimum Gasteiger partial charge on any atom is -0.293 e. The van der Waals surface area contributed by atoms with E-state index in [9.17, 15) is 14.4 Å². The molecular formula is C17H15ClN4O3. The molecule has 128 valence electrons. The van der Waals surface area contributed by atoms with Gasteiger partial charge in [0.1, 0.15) is 0 Å². The van der Waals surface area contributed by atoms with E-state index >= 15 is 0 Å². The zero-order valence-corrected chi connectivity index (χ0v) is 14.4. The zero-order valence-electron chi connectivity index (χ0n) is 13.6. The Kier molecular flexibility index (Phi) is 4.50. The topological polar surface area (TPSA) is 92.9 Å². The number of allylic oxidation sites excluding steroid dienone is 3. The maximum atomic E-state index is 12.7. The van der Waals surface area contributed by atoms with Crippen LogP contribution in [0.1, 0.15) is 21.7 Å². The van der Waals surface area contributed by atoms with E-state index in [1.807, 2.05) is 0 Å². The first-order valence-electron chi connectivity index (χ1n) is 7.58. The third-order valence-electron chi connectivity index (χ3n) is 4.09. The molecule has 8 heteroatoms. The molecule has 7 nitrogen and oxygen atoms in total. The molecule has 1 aliphatic carbocycles. The Morgan fingerprint density at radius 3 is 2.76 bits per heavy atom. The normalized spacial score (nSPS) is 18.5. The first-order chi connectivity index (χ1) is 11.9. The Morgan fingerprint density at radius 2 is 2.04 bits per heavy atom. The van der Waals surface area contributed by atoms with Gasteiger partial charge in [0.2, 0.25) is 0 Å². The molecule has 1 atom stereocenters. The second-order valence-electron chi connectivity index (χ2n) is 5.68. The molecule has 1 aromatic rings. The number of hydrogen-bond acceptors (Lipinski definition) is 4. The Balaban J connectivity index is 1.93. The molecule has 0 aromatic carbocycles. The first-order valence-corrected chi connectivity index (χ1v) is 8.11. The van der Waals surface area contributed by atoms with E-state index in [0.717, 1.165) is 0 Å². The van der Waals surface area contributed by atoms with Crippen molar-refractivity contribution in [1.82, 2.24) is 4.68 Å². The number of Topliss-reactive ketones (excluding diaryl/α,β-unsaturated/α-hetero) is 1. The zero-order chi connectivity index (χ0) is 18.1. The van der Waals surface area contributed by atoms with Gasteiger partial charge < -0.3 is 0 Å². The number of alkyl halides is 1.